The summed E-state index contributed by atoms with van der Waals surface area (Å²) in [4.78, 5) is 31.4. The fraction of sp³-hybridized carbons (Fsp3) is 0.190. The summed E-state index contributed by atoms with van der Waals surface area (Å²) in [6.07, 6.45) is 0. The van der Waals surface area contributed by atoms with Gasteiger partial charge in [-0.2, -0.15) is 0 Å². The van der Waals surface area contributed by atoms with Crippen LogP contribution in [0, 0.1) is 0 Å². The van der Waals surface area contributed by atoms with Gasteiger partial charge >= 0.3 is 0 Å². The van der Waals surface area contributed by atoms with Crippen LogP contribution in [0.15, 0.2) is 52.1 Å². The van der Waals surface area contributed by atoms with Crippen molar-refractivity contribution in [2.75, 3.05) is 0 Å². The molecule has 5 nitrogen and oxygen atoms in total. The number of fused-ring (bicyclic) bond motifs is 2. The molecule has 0 saturated carbocycles. The van der Waals surface area contributed by atoms with Crippen LogP contribution in [0.3, 0.4) is 0 Å². The predicted molar refractivity (Wildman–Crippen MR) is 114 cm³/mol. The first-order valence-electron chi connectivity index (χ1n) is 8.81. The molecule has 0 spiro atoms. The maximum Gasteiger partial charge on any atom is 0.271 e. The van der Waals surface area contributed by atoms with Crippen LogP contribution >= 0.6 is 23.2 Å². The third kappa shape index (κ3) is 2.65. The molecular weight excluding hydrogens is 397 g/mol. The number of rotatable bonds is 2. The molecule has 0 saturated heterocycles. The minimum Gasteiger partial charge on any atom is -0.328 e. The van der Waals surface area contributed by atoms with E-state index in [2.05, 4.69) is 0 Å². The summed E-state index contributed by atoms with van der Waals surface area (Å²) in [5.74, 6) is 0.379. The van der Waals surface area contributed by atoms with E-state index in [1.807, 2.05) is 26.0 Å². The lowest BCUT2D eigenvalue weighted by Gasteiger charge is -2.19. The van der Waals surface area contributed by atoms with Crippen LogP contribution in [0.5, 0.6) is 0 Å². The van der Waals surface area contributed by atoms with E-state index in [1.165, 1.54) is 4.57 Å². The van der Waals surface area contributed by atoms with Crippen LogP contribution in [0.25, 0.3) is 27.6 Å². The number of aryl methyl sites for hydroxylation is 1. The first-order chi connectivity index (χ1) is 13.3. The fourth-order valence-electron chi connectivity index (χ4n) is 3.48. The maximum atomic E-state index is 13.6. The predicted octanol–water partition coefficient (Wildman–Crippen LogP) is 4.67. The highest BCUT2D eigenvalue weighted by molar-refractivity contribution is 6.37. The molecule has 0 radical (unpaired) electrons. The highest BCUT2D eigenvalue weighted by Crippen LogP contribution is 2.30. The maximum absolute atomic E-state index is 13.6. The first-order valence-corrected chi connectivity index (χ1v) is 9.57. The second-order valence-electron chi connectivity index (χ2n) is 6.94. The van der Waals surface area contributed by atoms with Crippen LogP contribution in [-0.4, -0.2) is 14.1 Å². The van der Waals surface area contributed by atoms with Crippen LogP contribution < -0.4 is 11.0 Å². The Morgan fingerprint density at radius 1 is 0.964 bits per heavy atom. The molecule has 0 aliphatic heterocycles. The van der Waals surface area contributed by atoms with E-state index in [9.17, 15) is 9.59 Å². The van der Waals surface area contributed by atoms with Crippen molar-refractivity contribution >= 4 is 45.1 Å². The lowest BCUT2D eigenvalue weighted by atomic mass is 10.1. The van der Waals surface area contributed by atoms with Gasteiger partial charge in [0.05, 0.1) is 21.2 Å². The second-order valence-corrected chi connectivity index (χ2v) is 7.75. The highest BCUT2D eigenvalue weighted by Gasteiger charge is 2.22. The molecule has 0 fully saturated rings. The molecule has 2 aromatic carbocycles. The number of halogens is 2. The molecule has 0 bridgehead atoms. The Kier molecular flexibility index (Phi) is 4.52. The van der Waals surface area contributed by atoms with Gasteiger partial charge in [-0.15, -0.1) is 0 Å². The van der Waals surface area contributed by atoms with E-state index in [0.29, 0.717) is 32.6 Å². The van der Waals surface area contributed by atoms with Crippen molar-refractivity contribution < 1.29 is 0 Å². The molecule has 2 aromatic heterocycles. The number of hydrogen-bond donors (Lipinski definition) is 0. The third-order valence-electron chi connectivity index (χ3n) is 4.82. The summed E-state index contributed by atoms with van der Waals surface area (Å²) in [6.45, 7) is 3.85. The summed E-state index contributed by atoms with van der Waals surface area (Å²) >= 11 is 12.7. The summed E-state index contributed by atoms with van der Waals surface area (Å²) in [7, 11) is 1.80. The van der Waals surface area contributed by atoms with Crippen LogP contribution in [0.4, 0.5) is 0 Å². The van der Waals surface area contributed by atoms with E-state index < -0.39 is 5.56 Å². The minimum absolute atomic E-state index is 0.0154. The largest absolute Gasteiger partial charge is 0.328 e. The van der Waals surface area contributed by atoms with E-state index in [4.69, 9.17) is 28.2 Å². The molecule has 0 aliphatic rings. The van der Waals surface area contributed by atoms with Gasteiger partial charge < -0.3 is 4.57 Å². The molecule has 0 N–H and O–H groups in total. The fourth-order valence-corrected chi connectivity index (χ4v) is 4.05. The molecule has 142 valence electrons. The molecule has 4 rings (SSSR count). The average Bonchev–Trinajstić information content (AvgIpc) is 2.66. The summed E-state index contributed by atoms with van der Waals surface area (Å²) in [5.41, 5.74) is 0.569. The number of nitrogens with zero attached hydrogens (tertiary/aromatic N) is 3. The Morgan fingerprint density at radius 2 is 1.61 bits per heavy atom. The Labute approximate surface area is 170 Å². The van der Waals surface area contributed by atoms with Crippen molar-refractivity contribution in [3.05, 3.63) is 78.9 Å². The van der Waals surface area contributed by atoms with Gasteiger partial charge in [-0.1, -0.05) is 55.2 Å². The number of aromatic nitrogens is 3. The normalized spacial score (nSPS) is 11.6. The Morgan fingerprint density at radius 3 is 2.25 bits per heavy atom. The van der Waals surface area contributed by atoms with Crippen LogP contribution in [0.1, 0.15) is 25.6 Å². The van der Waals surface area contributed by atoms with Crippen molar-refractivity contribution in [1.29, 1.82) is 0 Å². The Balaban J connectivity index is 2.30. The molecular formula is C21H17Cl2N3O2. The van der Waals surface area contributed by atoms with Gasteiger partial charge in [-0.25, -0.2) is 4.98 Å². The lowest BCUT2D eigenvalue weighted by Crippen LogP contribution is -2.30. The quantitative estimate of drug-likeness (QED) is 0.448. The van der Waals surface area contributed by atoms with E-state index in [0.717, 1.165) is 5.52 Å². The molecule has 4 aromatic rings. The molecule has 0 atom stereocenters. The summed E-state index contributed by atoms with van der Waals surface area (Å²) < 4.78 is 3.14. The third-order valence-corrected chi connectivity index (χ3v) is 5.43. The summed E-state index contributed by atoms with van der Waals surface area (Å²) in [5, 5.41) is 1.11. The lowest BCUT2D eigenvalue weighted by molar-refractivity contribution is 0.716. The topological polar surface area (TPSA) is 56.9 Å². The van der Waals surface area contributed by atoms with Gasteiger partial charge in [0.15, 0.2) is 5.65 Å². The zero-order valence-corrected chi connectivity index (χ0v) is 17.0. The summed E-state index contributed by atoms with van der Waals surface area (Å²) in [6, 6.07) is 12.2. The number of hydrogen-bond acceptors (Lipinski definition) is 3. The zero-order chi connectivity index (χ0) is 20.2. The standard InChI is InChI=1S/C21H17Cl2N3O2/c1-11(2)19-24-20-16(18(27)12-7-4-5-10-15(12)25(20)3)21(28)26(19)17-13(22)8-6-9-14(17)23/h4-11H,1-3H3. The first kappa shape index (κ1) is 18.7. The minimum atomic E-state index is -0.477. The molecule has 0 amide bonds. The molecule has 7 heteroatoms. The van der Waals surface area contributed by atoms with Gasteiger partial charge in [0.1, 0.15) is 11.2 Å². The van der Waals surface area contributed by atoms with Crippen LogP contribution in [0.2, 0.25) is 10.0 Å². The molecule has 0 unspecified atom stereocenters. The van der Waals surface area contributed by atoms with Crippen molar-refractivity contribution in [2.45, 2.75) is 19.8 Å². The van der Waals surface area contributed by atoms with Gasteiger partial charge in [-0.3, -0.25) is 14.2 Å². The highest BCUT2D eigenvalue weighted by atomic mass is 35.5. The number of para-hydroxylation sites is 2. The number of pyridine rings is 1. The van der Waals surface area contributed by atoms with Crippen molar-refractivity contribution in [2.24, 2.45) is 7.05 Å². The van der Waals surface area contributed by atoms with E-state index in [1.54, 1.807) is 41.9 Å². The second kappa shape index (κ2) is 6.76. The van der Waals surface area contributed by atoms with Crippen molar-refractivity contribution in [3.63, 3.8) is 0 Å². The Hall–Kier alpha value is -2.63. The van der Waals surface area contributed by atoms with Gasteiger partial charge in [-0.05, 0) is 24.3 Å². The smallest absolute Gasteiger partial charge is 0.271 e. The van der Waals surface area contributed by atoms with E-state index in [-0.39, 0.29) is 16.7 Å². The molecule has 0 aliphatic carbocycles. The number of benzene rings is 2. The SMILES string of the molecule is CC(C)c1nc2c(c(=O)c3ccccc3n2C)c(=O)n1-c1c(Cl)cccc1Cl. The van der Waals surface area contributed by atoms with Gasteiger partial charge in [0, 0.05) is 18.4 Å². The van der Waals surface area contributed by atoms with Gasteiger partial charge in [0.25, 0.3) is 5.56 Å². The van der Waals surface area contributed by atoms with Crippen LogP contribution in [-0.2, 0) is 7.05 Å². The van der Waals surface area contributed by atoms with Crippen molar-refractivity contribution in [1.82, 2.24) is 14.1 Å². The Bertz CT molecular complexity index is 1350. The van der Waals surface area contributed by atoms with Gasteiger partial charge in [0.2, 0.25) is 5.43 Å². The average molecular weight is 414 g/mol. The van der Waals surface area contributed by atoms with Crippen molar-refractivity contribution in [3.8, 4) is 5.69 Å². The monoisotopic (exact) mass is 413 g/mol. The molecule has 2 heterocycles. The molecule has 28 heavy (non-hydrogen) atoms. The van der Waals surface area contributed by atoms with E-state index >= 15 is 0 Å². The zero-order valence-electron chi connectivity index (χ0n) is 15.5.